The van der Waals surface area contributed by atoms with E-state index in [1.807, 2.05) is 0 Å². The summed E-state index contributed by atoms with van der Waals surface area (Å²) < 4.78 is 28.0. The van der Waals surface area contributed by atoms with Crippen LogP contribution >= 0.6 is 0 Å². The lowest BCUT2D eigenvalue weighted by molar-refractivity contribution is -0.870. The minimum Gasteiger partial charge on any atom is -1.00 e. The van der Waals surface area contributed by atoms with Crippen LogP contribution in [0.5, 0.6) is 23.0 Å². The van der Waals surface area contributed by atoms with Crippen LogP contribution in [0.25, 0.3) is 90.9 Å². The van der Waals surface area contributed by atoms with Gasteiger partial charge in [0.25, 0.3) is 0 Å². The first-order valence-electron chi connectivity index (χ1n) is 31.0. The molecular formula is C73H94Cl3N7O4. The molecule has 5 heterocycles. The lowest BCUT2D eigenvalue weighted by Crippen LogP contribution is -3.00. The Morgan fingerprint density at radius 2 is 0.529 bits per heavy atom. The van der Waals surface area contributed by atoms with E-state index in [-0.39, 0.29) is 37.2 Å². The first kappa shape index (κ1) is 69.5. The van der Waals surface area contributed by atoms with Crippen LogP contribution in [0.4, 0.5) is 0 Å². The largest absolute Gasteiger partial charge is 1.00 e. The maximum atomic E-state index is 6.37. The van der Waals surface area contributed by atoms with Crippen LogP contribution in [-0.2, 0) is 0 Å². The van der Waals surface area contributed by atoms with Gasteiger partial charge in [0.2, 0.25) is 0 Å². The fraction of sp³-hybridized carbons (Fsp3) is 0.397. The number of halogens is 3. The summed E-state index contributed by atoms with van der Waals surface area (Å²) >= 11 is 0. The molecule has 9 rings (SSSR count). The first-order chi connectivity index (χ1) is 40.5. The highest BCUT2D eigenvalue weighted by Gasteiger charge is 2.20. The van der Waals surface area contributed by atoms with E-state index in [2.05, 4.69) is 226 Å². The minimum atomic E-state index is 0. The van der Waals surface area contributed by atoms with E-state index < -0.39 is 0 Å². The number of H-pyrrole nitrogens is 2. The Morgan fingerprint density at radius 1 is 0.299 bits per heavy atom. The van der Waals surface area contributed by atoms with Crippen LogP contribution < -0.4 is 56.2 Å². The maximum absolute atomic E-state index is 6.37. The fourth-order valence-electron chi connectivity index (χ4n) is 11.1. The van der Waals surface area contributed by atoms with Crippen molar-refractivity contribution in [3.8, 4) is 67.5 Å². The lowest BCUT2D eigenvalue weighted by atomic mass is 10.0. The van der Waals surface area contributed by atoms with Gasteiger partial charge in [-0.2, -0.15) is 0 Å². The fourth-order valence-corrected chi connectivity index (χ4v) is 11.1. The van der Waals surface area contributed by atoms with Crippen LogP contribution in [0.2, 0.25) is 0 Å². The summed E-state index contributed by atoms with van der Waals surface area (Å²) in [6.07, 6.45) is 23.0. The molecule has 2 aliphatic heterocycles. The second kappa shape index (κ2) is 32.6. The second-order valence-electron chi connectivity index (χ2n) is 25.9. The van der Waals surface area contributed by atoms with Gasteiger partial charge in [-0.15, -0.1) is 0 Å². The Labute approximate surface area is 537 Å². The van der Waals surface area contributed by atoms with Gasteiger partial charge >= 0.3 is 0 Å². The van der Waals surface area contributed by atoms with Gasteiger partial charge in [0.05, 0.1) is 132 Å². The molecule has 11 nitrogen and oxygen atoms in total. The molecule has 0 unspecified atom stereocenters. The number of fused-ring (bicyclic) bond motifs is 8. The summed E-state index contributed by atoms with van der Waals surface area (Å²) in [5.41, 5.74) is 15.1. The first-order valence-corrected chi connectivity index (χ1v) is 31.0. The average Bonchev–Trinajstić information content (AvgIpc) is 1.73. The molecule has 2 aliphatic rings. The molecule has 14 heteroatoms. The molecule has 0 aliphatic carbocycles. The predicted molar refractivity (Wildman–Crippen MR) is 352 cm³/mol. The van der Waals surface area contributed by atoms with E-state index in [4.69, 9.17) is 28.9 Å². The van der Waals surface area contributed by atoms with Crippen LogP contribution in [0, 0.1) is 0 Å². The monoisotopic (exact) mass is 1240 g/mol. The Kier molecular flexibility index (Phi) is 26.1. The highest BCUT2D eigenvalue weighted by molar-refractivity contribution is 6.00. The zero-order valence-electron chi connectivity index (χ0n) is 53.3. The van der Waals surface area contributed by atoms with Crippen molar-refractivity contribution in [2.75, 3.05) is 109 Å². The average molecular weight is 1240 g/mol. The third-order valence-electron chi connectivity index (χ3n) is 15.6. The topological polar surface area (TPSA) is 94.3 Å². The molecule has 0 saturated carbocycles. The number of quaternary nitrogens is 3. The van der Waals surface area contributed by atoms with Crippen molar-refractivity contribution in [2.24, 2.45) is 0 Å². The molecular weight excluding hydrogens is 1150 g/mol. The Bertz CT molecular complexity index is 3440. The molecule has 8 bridgehead atoms. The van der Waals surface area contributed by atoms with E-state index in [9.17, 15) is 0 Å². The number of ether oxygens (including phenoxy) is 4. The summed E-state index contributed by atoms with van der Waals surface area (Å²) in [6.45, 7) is 8.05. The summed E-state index contributed by atoms with van der Waals surface area (Å²) in [5, 5.41) is 0. The van der Waals surface area contributed by atoms with Gasteiger partial charge in [-0.05, 0) is 126 Å². The van der Waals surface area contributed by atoms with Gasteiger partial charge in [0, 0.05) is 63.6 Å². The molecule has 466 valence electrons. The van der Waals surface area contributed by atoms with Gasteiger partial charge in [-0.1, -0.05) is 107 Å². The highest BCUT2D eigenvalue weighted by Crippen LogP contribution is 2.40. The lowest BCUT2D eigenvalue weighted by Gasteiger charge is -2.23. The van der Waals surface area contributed by atoms with Gasteiger partial charge in [0.1, 0.15) is 23.0 Å². The Morgan fingerprint density at radius 3 is 0.770 bits per heavy atom. The SMILES string of the molecule is CCCCCCCCCCCOc1ccc(-c2c3nc(c(-c4ccc(OCCC[N+](C)(C)C)cc4)c4ccc([nH]4)c(-c4ccc(OCCC[N+](C)(C)C)cc4)c4nc(c(-c5ccc(OCCC[N+](C)(C)C)cc5)c5ccc2[nH]5)C=C4)C=C3)cc1.[Cl-].[Cl-].[Cl-]. The summed E-state index contributed by atoms with van der Waals surface area (Å²) in [5.74, 6) is 3.40. The van der Waals surface area contributed by atoms with Crippen molar-refractivity contribution in [2.45, 2.75) is 84.0 Å². The van der Waals surface area contributed by atoms with Crippen molar-refractivity contribution in [3.63, 3.8) is 0 Å². The summed E-state index contributed by atoms with van der Waals surface area (Å²) in [6, 6.07) is 42.7. The molecule has 2 N–H and O–H groups in total. The van der Waals surface area contributed by atoms with Crippen molar-refractivity contribution in [1.29, 1.82) is 0 Å². The molecule has 0 radical (unpaired) electrons. The van der Waals surface area contributed by atoms with E-state index in [0.717, 1.165) is 171 Å². The van der Waals surface area contributed by atoms with E-state index >= 15 is 0 Å². The van der Waals surface area contributed by atoms with Crippen molar-refractivity contribution < 1.29 is 69.6 Å². The van der Waals surface area contributed by atoms with Crippen LogP contribution in [-0.4, -0.2) is 143 Å². The molecule has 0 saturated heterocycles. The zero-order chi connectivity index (χ0) is 59.1. The standard InChI is InChI=1S/C73H94N7O4.3ClH/c1-11-12-13-14-15-16-17-18-19-50-81-58-31-23-54(24-32-58)70-62-39-41-64(74-62)71(55-25-33-59(34-26-55)82-51-20-47-78(2,3)4)66-43-45-68(76-66)73(57-29-37-61(38-30-57)84-53-22-49-80(8,9)10)69-46-44-67(77-69)72(65-42-40-63(70)75-65)56-27-35-60(36-28-56)83-52-21-48-79(5,6)7;;;/h23-46,74,77H,11-22,47-53H2,1-10H3;3*1H/q+3;;;/p-3. The number of aromatic amines is 2. The summed E-state index contributed by atoms with van der Waals surface area (Å²) in [7, 11) is 19.9. The number of benzene rings is 4. The Hall–Kier alpha value is -6.57. The van der Waals surface area contributed by atoms with Crippen LogP contribution in [0.3, 0.4) is 0 Å². The van der Waals surface area contributed by atoms with Crippen LogP contribution in [0.15, 0.2) is 121 Å². The molecule has 3 aromatic heterocycles. The number of hydrogen-bond donors (Lipinski definition) is 2. The molecule has 0 atom stereocenters. The van der Waals surface area contributed by atoms with Gasteiger partial charge in [0.15, 0.2) is 0 Å². The van der Waals surface area contributed by atoms with Crippen molar-refractivity contribution in [3.05, 3.63) is 144 Å². The molecule has 0 spiro atoms. The number of aromatic nitrogens is 4. The number of hydrogen-bond acceptors (Lipinski definition) is 6. The smallest absolute Gasteiger partial charge is 0.119 e. The minimum absolute atomic E-state index is 0. The maximum Gasteiger partial charge on any atom is 0.119 e. The van der Waals surface area contributed by atoms with E-state index in [1.165, 1.54) is 51.4 Å². The van der Waals surface area contributed by atoms with Crippen LogP contribution in [0.1, 0.15) is 107 Å². The molecule has 87 heavy (non-hydrogen) atoms. The number of unbranched alkanes of at least 4 members (excludes halogenated alkanes) is 8. The van der Waals surface area contributed by atoms with E-state index in [1.54, 1.807) is 0 Å². The summed E-state index contributed by atoms with van der Waals surface area (Å²) in [4.78, 5) is 19.1. The Balaban J connectivity index is 0.00000403. The van der Waals surface area contributed by atoms with Crippen molar-refractivity contribution in [1.82, 2.24) is 19.9 Å². The highest BCUT2D eigenvalue weighted by atomic mass is 35.5. The molecule has 0 fully saturated rings. The molecule has 7 aromatic rings. The molecule has 4 aromatic carbocycles. The zero-order valence-corrected chi connectivity index (χ0v) is 55.6. The second-order valence-corrected chi connectivity index (χ2v) is 25.9. The van der Waals surface area contributed by atoms with Gasteiger partial charge in [-0.3, -0.25) is 0 Å². The predicted octanol–water partition coefficient (Wildman–Crippen LogP) is 7.67. The quantitative estimate of drug-likeness (QED) is 0.0355. The number of rotatable bonds is 30. The third-order valence-corrected chi connectivity index (χ3v) is 15.6. The number of nitrogens with zero attached hydrogens (tertiary/aromatic N) is 5. The number of nitrogens with one attached hydrogen (secondary N) is 2. The van der Waals surface area contributed by atoms with E-state index in [0.29, 0.717) is 26.4 Å². The van der Waals surface area contributed by atoms with Gasteiger partial charge in [-0.25, -0.2) is 9.97 Å². The van der Waals surface area contributed by atoms with Crippen molar-refractivity contribution >= 4 is 46.4 Å². The molecule has 0 amide bonds. The normalized spacial score (nSPS) is 12.1. The van der Waals surface area contributed by atoms with Gasteiger partial charge < -0.3 is 79.6 Å². The third kappa shape index (κ3) is 20.2.